The van der Waals surface area contributed by atoms with E-state index in [1.165, 1.54) is 12.3 Å². The number of carbonyl (C=O) groups is 2. The van der Waals surface area contributed by atoms with Crippen LogP contribution >= 0.6 is 23.2 Å². The summed E-state index contributed by atoms with van der Waals surface area (Å²) in [6, 6.07) is 8.21. The fourth-order valence-electron chi connectivity index (χ4n) is 2.29. The quantitative estimate of drug-likeness (QED) is 0.423. The van der Waals surface area contributed by atoms with E-state index in [1.807, 2.05) is 6.92 Å². The molecule has 3 N–H and O–H groups in total. The average molecular weight is 438 g/mol. The van der Waals surface area contributed by atoms with Gasteiger partial charge in [-0.1, -0.05) is 29.3 Å². The number of aryl methyl sites for hydroxylation is 1. The molecular weight excluding hydrogens is 417 g/mol. The van der Waals surface area contributed by atoms with E-state index in [1.54, 1.807) is 31.2 Å². The molecule has 0 aliphatic rings. The van der Waals surface area contributed by atoms with Gasteiger partial charge in [0.1, 0.15) is 0 Å². The van der Waals surface area contributed by atoms with E-state index in [0.717, 1.165) is 5.56 Å². The van der Waals surface area contributed by atoms with Crippen molar-refractivity contribution in [1.82, 2.24) is 5.43 Å². The lowest BCUT2D eigenvalue weighted by atomic mass is 10.2. The first-order valence-corrected chi connectivity index (χ1v) is 9.59. The molecule has 29 heavy (non-hydrogen) atoms. The summed E-state index contributed by atoms with van der Waals surface area (Å²) in [5.74, 6) is -0.666. The molecule has 0 heterocycles. The normalized spacial score (nSPS) is 10.8. The number of phenols is 1. The van der Waals surface area contributed by atoms with Gasteiger partial charge in [0.25, 0.3) is 0 Å². The van der Waals surface area contributed by atoms with Gasteiger partial charge in [-0.05, 0) is 49.2 Å². The van der Waals surface area contributed by atoms with E-state index in [4.69, 9.17) is 27.9 Å². The van der Waals surface area contributed by atoms with Crippen molar-refractivity contribution in [2.45, 2.75) is 26.7 Å². The topological polar surface area (TPSA) is 100 Å². The molecule has 0 atom stereocenters. The number of hydrazone groups is 1. The number of hydrogen-bond donors (Lipinski definition) is 3. The van der Waals surface area contributed by atoms with Crippen LogP contribution in [0.5, 0.6) is 11.5 Å². The summed E-state index contributed by atoms with van der Waals surface area (Å²) < 4.78 is 5.28. The van der Waals surface area contributed by atoms with Crippen LogP contribution in [0.25, 0.3) is 0 Å². The van der Waals surface area contributed by atoms with Crippen molar-refractivity contribution in [3.8, 4) is 11.5 Å². The Bertz CT molecular complexity index is 932. The van der Waals surface area contributed by atoms with Gasteiger partial charge in [-0.3, -0.25) is 9.59 Å². The zero-order valence-electron chi connectivity index (χ0n) is 16.0. The molecule has 2 aromatic rings. The van der Waals surface area contributed by atoms with Gasteiger partial charge >= 0.3 is 0 Å². The lowest BCUT2D eigenvalue weighted by molar-refractivity contribution is -0.124. The number of ether oxygens (including phenoxy) is 1. The second-order valence-corrected chi connectivity index (χ2v) is 6.90. The van der Waals surface area contributed by atoms with Gasteiger partial charge in [0, 0.05) is 23.6 Å². The third kappa shape index (κ3) is 6.96. The molecule has 0 spiro atoms. The number of carbonyl (C=O) groups excluding carboxylic acids is 2. The van der Waals surface area contributed by atoms with Crippen LogP contribution in [0.1, 0.15) is 30.9 Å². The summed E-state index contributed by atoms with van der Waals surface area (Å²) >= 11 is 12.0. The molecule has 0 saturated carbocycles. The number of anilines is 1. The van der Waals surface area contributed by atoms with Crippen LogP contribution in [0.3, 0.4) is 0 Å². The molecule has 0 aromatic heterocycles. The summed E-state index contributed by atoms with van der Waals surface area (Å²) in [6.07, 6.45) is 1.32. The smallest absolute Gasteiger partial charge is 0.240 e. The molecule has 0 radical (unpaired) electrons. The third-order valence-corrected chi connectivity index (χ3v) is 4.48. The van der Waals surface area contributed by atoms with Gasteiger partial charge in [-0.25, -0.2) is 5.43 Å². The summed E-state index contributed by atoms with van der Waals surface area (Å²) in [7, 11) is 0. The van der Waals surface area contributed by atoms with Crippen molar-refractivity contribution in [3.63, 3.8) is 0 Å². The van der Waals surface area contributed by atoms with Crippen LogP contribution in [0, 0.1) is 6.92 Å². The number of phenolic OH excluding ortho intramolecular Hbond substituents is 1. The predicted molar refractivity (Wildman–Crippen MR) is 114 cm³/mol. The van der Waals surface area contributed by atoms with Gasteiger partial charge < -0.3 is 15.2 Å². The first-order chi connectivity index (χ1) is 13.8. The SMILES string of the molecule is CCOc1cc(C=NNC(=O)CCC(=O)Nc2ccc(C)c(Cl)c2)cc(Cl)c1O. The third-order valence-electron chi connectivity index (χ3n) is 3.79. The monoisotopic (exact) mass is 437 g/mol. The van der Waals surface area contributed by atoms with E-state index in [0.29, 0.717) is 22.9 Å². The maximum absolute atomic E-state index is 12.0. The Morgan fingerprint density at radius 3 is 2.55 bits per heavy atom. The summed E-state index contributed by atoms with van der Waals surface area (Å²) in [6.45, 7) is 4.00. The van der Waals surface area contributed by atoms with Gasteiger partial charge in [-0.2, -0.15) is 5.10 Å². The second kappa shape index (κ2) is 10.7. The molecule has 2 aromatic carbocycles. The standard InChI is InChI=1S/C20H21Cl2N3O4/c1-3-29-17-9-13(8-16(22)20(17)28)11-23-25-19(27)7-6-18(26)24-14-5-4-12(2)15(21)10-14/h4-5,8-11,28H,3,6-7H2,1-2H3,(H,24,26)(H,25,27). The molecule has 2 rings (SSSR count). The lowest BCUT2D eigenvalue weighted by Gasteiger charge is -2.08. The lowest BCUT2D eigenvalue weighted by Crippen LogP contribution is -2.20. The minimum Gasteiger partial charge on any atom is -0.503 e. The minimum absolute atomic E-state index is 0.00756. The molecule has 0 aliphatic heterocycles. The Kier molecular flexibility index (Phi) is 8.30. The van der Waals surface area contributed by atoms with Crippen molar-refractivity contribution in [2.75, 3.05) is 11.9 Å². The number of nitrogens with zero attached hydrogens (tertiary/aromatic N) is 1. The molecule has 0 saturated heterocycles. The Balaban J connectivity index is 1.83. The van der Waals surface area contributed by atoms with Crippen molar-refractivity contribution in [2.24, 2.45) is 5.10 Å². The van der Waals surface area contributed by atoms with E-state index in [-0.39, 0.29) is 35.3 Å². The molecule has 0 bridgehead atoms. The van der Waals surface area contributed by atoms with Crippen LogP contribution in [-0.2, 0) is 9.59 Å². The van der Waals surface area contributed by atoms with E-state index >= 15 is 0 Å². The molecule has 154 valence electrons. The van der Waals surface area contributed by atoms with Gasteiger partial charge in [0.05, 0.1) is 17.8 Å². The second-order valence-electron chi connectivity index (χ2n) is 6.09. The fraction of sp³-hybridized carbons (Fsp3) is 0.250. The number of amides is 2. The summed E-state index contributed by atoms with van der Waals surface area (Å²) in [4.78, 5) is 23.8. The number of benzene rings is 2. The molecule has 0 aliphatic carbocycles. The highest BCUT2D eigenvalue weighted by Crippen LogP contribution is 2.34. The number of hydrogen-bond acceptors (Lipinski definition) is 5. The van der Waals surface area contributed by atoms with Gasteiger partial charge in [-0.15, -0.1) is 0 Å². The Morgan fingerprint density at radius 2 is 1.86 bits per heavy atom. The molecular formula is C20H21Cl2N3O4. The number of rotatable bonds is 8. The van der Waals surface area contributed by atoms with Crippen LogP contribution in [0.15, 0.2) is 35.4 Å². The van der Waals surface area contributed by atoms with E-state index in [2.05, 4.69) is 15.8 Å². The largest absolute Gasteiger partial charge is 0.503 e. The van der Waals surface area contributed by atoms with Crippen molar-refractivity contribution < 1.29 is 19.4 Å². The average Bonchev–Trinajstić information content (AvgIpc) is 2.67. The van der Waals surface area contributed by atoms with Crippen molar-refractivity contribution in [1.29, 1.82) is 0 Å². The Hall–Kier alpha value is -2.77. The minimum atomic E-state index is -0.423. The maximum atomic E-state index is 12.0. The Morgan fingerprint density at radius 1 is 1.14 bits per heavy atom. The van der Waals surface area contributed by atoms with Crippen molar-refractivity contribution >= 4 is 46.9 Å². The van der Waals surface area contributed by atoms with Crippen LogP contribution in [0.2, 0.25) is 10.0 Å². The summed E-state index contributed by atoms with van der Waals surface area (Å²) in [5.41, 5.74) is 4.34. The first kappa shape index (κ1) is 22.5. The number of aromatic hydroxyl groups is 1. The zero-order chi connectivity index (χ0) is 21.4. The highest BCUT2D eigenvalue weighted by molar-refractivity contribution is 6.32. The molecule has 0 unspecified atom stereocenters. The fourth-order valence-corrected chi connectivity index (χ4v) is 2.69. The highest BCUT2D eigenvalue weighted by atomic mass is 35.5. The van der Waals surface area contributed by atoms with Gasteiger partial charge in [0.2, 0.25) is 11.8 Å². The number of nitrogens with one attached hydrogen (secondary N) is 2. The van der Waals surface area contributed by atoms with Gasteiger partial charge in [0.15, 0.2) is 11.5 Å². The number of halogens is 2. The Labute approximate surface area is 178 Å². The maximum Gasteiger partial charge on any atom is 0.240 e. The summed E-state index contributed by atoms with van der Waals surface area (Å²) in [5, 5.41) is 17.0. The zero-order valence-corrected chi connectivity index (χ0v) is 17.5. The first-order valence-electron chi connectivity index (χ1n) is 8.83. The van der Waals surface area contributed by atoms with Crippen LogP contribution in [0.4, 0.5) is 5.69 Å². The van der Waals surface area contributed by atoms with Crippen molar-refractivity contribution in [3.05, 3.63) is 51.5 Å². The molecule has 7 nitrogen and oxygen atoms in total. The van der Waals surface area contributed by atoms with E-state index < -0.39 is 5.91 Å². The van der Waals surface area contributed by atoms with Crippen LogP contribution < -0.4 is 15.5 Å². The molecule has 9 heteroatoms. The predicted octanol–water partition coefficient (Wildman–Crippen LogP) is 4.28. The molecule has 2 amide bonds. The van der Waals surface area contributed by atoms with Crippen LogP contribution in [-0.4, -0.2) is 29.7 Å². The molecule has 0 fully saturated rings. The van der Waals surface area contributed by atoms with E-state index in [9.17, 15) is 14.7 Å². The highest BCUT2D eigenvalue weighted by Gasteiger charge is 2.10.